The van der Waals surface area contributed by atoms with Crippen LogP contribution in [0.1, 0.15) is 6.42 Å². The molecule has 2 aromatic carbocycles. The van der Waals surface area contributed by atoms with Crippen LogP contribution in [0, 0.1) is 0 Å². The molecule has 1 unspecified atom stereocenters. The number of carbonyl (C=O) groups excluding carboxylic acids is 2. The molecule has 0 saturated heterocycles. The summed E-state index contributed by atoms with van der Waals surface area (Å²) in [6.45, 7) is 0. The minimum absolute atomic E-state index is 0.109. The van der Waals surface area contributed by atoms with Crippen LogP contribution in [-0.2, 0) is 19.6 Å². The van der Waals surface area contributed by atoms with Crippen LogP contribution in [0.5, 0.6) is 0 Å². The van der Waals surface area contributed by atoms with E-state index in [-0.39, 0.29) is 4.90 Å². The first kappa shape index (κ1) is 15.9. The lowest BCUT2D eigenvalue weighted by atomic mass is 10.1. The molecule has 0 aliphatic heterocycles. The smallest absolute Gasteiger partial charge is 0.241 e. The van der Waals surface area contributed by atoms with Crippen molar-refractivity contribution < 1.29 is 23.1 Å². The third kappa shape index (κ3) is 3.60. The van der Waals surface area contributed by atoms with E-state index in [1.165, 1.54) is 12.1 Å². The lowest BCUT2D eigenvalue weighted by Crippen LogP contribution is -2.49. The highest BCUT2D eigenvalue weighted by atomic mass is 32.2. The van der Waals surface area contributed by atoms with Gasteiger partial charge in [0, 0.05) is 6.42 Å². The highest BCUT2D eigenvalue weighted by molar-refractivity contribution is 7.89. The quantitative estimate of drug-likeness (QED) is 0.713. The van der Waals surface area contributed by atoms with Crippen LogP contribution in [0.25, 0.3) is 10.8 Å². The summed E-state index contributed by atoms with van der Waals surface area (Å²) in [5.41, 5.74) is 4.90. The number of primary amides is 1. The topological polar surface area (TPSA) is 129 Å². The van der Waals surface area contributed by atoms with Crippen LogP contribution in [0.2, 0.25) is 0 Å². The normalized spacial score (nSPS) is 12.9. The summed E-state index contributed by atoms with van der Waals surface area (Å²) in [6, 6.07) is 9.76. The average molecular weight is 321 g/mol. The van der Waals surface area contributed by atoms with Crippen molar-refractivity contribution in [1.29, 1.82) is 0 Å². The van der Waals surface area contributed by atoms with Gasteiger partial charge in [-0.1, -0.05) is 30.3 Å². The van der Waals surface area contributed by atoms with Crippen molar-refractivity contribution in [2.75, 3.05) is 0 Å². The first-order chi connectivity index (χ1) is 10.3. The summed E-state index contributed by atoms with van der Waals surface area (Å²) < 4.78 is 26.4. The van der Waals surface area contributed by atoms with Crippen LogP contribution in [0.15, 0.2) is 47.4 Å². The van der Waals surface area contributed by atoms with E-state index in [0.717, 1.165) is 5.39 Å². The molecule has 0 aliphatic rings. The Balaban J connectivity index is 2.34. The molecule has 0 heterocycles. The minimum atomic E-state index is -4.12. The van der Waals surface area contributed by atoms with Gasteiger partial charge in [0.25, 0.3) is 0 Å². The van der Waals surface area contributed by atoms with Crippen LogP contribution in [0.4, 0.5) is 0 Å². The predicted molar refractivity (Wildman–Crippen MR) is 76.9 cm³/mol. The molecule has 8 heteroatoms. The van der Waals surface area contributed by atoms with Gasteiger partial charge in [0.05, 0.1) is 16.9 Å². The molecule has 0 bridgehead atoms. The molecule has 0 saturated carbocycles. The van der Waals surface area contributed by atoms with E-state index < -0.39 is 34.4 Å². The molecule has 0 spiro atoms. The Morgan fingerprint density at radius 3 is 2.36 bits per heavy atom. The van der Waals surface area contributed by atoms with E-state index in [0.29, 0.717) is 5.39 Å². The number of carboxylic acids is 1. The third-order valence-corrected chi connectivity index (χ3v) is 4.49. The molecule has 7 nitrogen and oxygen atoms in total. The van der Waals surface area contributed by atoms with Gasteiger partial charge in [-0.25, -0.2) is 13.1 Å². The predicted octanol–water partition coefficient (Wildman–Crippen LogP) is -0.888. The fourth-order valence-corrected chi connectivity index (χ4v) is 3.18. The molecule has 22 heavy (non-hydrogen) atoms. The number of hydrogen-bond acceptors (Lipinski definition) is 5. The van der Waals surface area contributed by atoms with Gasteiger partial charge in [0.2, 0.25) is 15.9 Å². The summed E-state index contributed by atoms with van der Waals surface area (Å²) in [6.07, 6.45) is -0.685. The molecule has 3 N–H and O–H groups in total. The van der Waals surface area contributed by atoms with E-state index in [4.69, 9.17) is 5.73 Å². The van der Waals surface area contributed by atoms with Crippen LogP contribution in [0.3, 0.4) is 0 Å². The first-order valence-electron chi connectivity index (χ1n) is 6.30. The number of benzene rings is 2. The highest BCUT2D eigenvalue weighted by Crippen LogP contribution is 2.19. The number of nitrogens with one attached hydrogen (secondary N) is 1. The van der Waals surface area contributed by atoms with E-state index in [1.807, 2.05) is 16.9 Å². The number of hydrogen-bond donors (Lipinski definition) is 2. The molecule has 1 amide bonds. The number of aliphatic carboxylic acids is 1. The first-order valence-corrected chi connectivity index (χ1v) is 7.78. The largest absolute Gasteiger partial charge is 0.548 e. The summed E-state index contributed by atoms with van der Waals surface area (Å²) in [5.74, 6) is -2.67. The minimum Gasteiger partial charge on any atom is -0.548 e. The van der Waals surface area contributed by atoms with Gasteiger partial charge < -0.3 is 15.6 Å². The van der Waals surface area contributed by atoms with Gasteiger partial charge in [0.1, 0.15) is 0 Å². The second-order valence-corrected chi connectivity index (χ2v) is 6.39. The van der Waals surface area contributed by atoms with Gasteiger partial charge in [-0.15, -0.1) is 0 Å². The number of carbonyl (C=O) groups is 2. The highest BCUT2D eigenvalue weighted by Gasteiger charge is 2.22. The number of carboxylic acid groups (broad SMARTS) is 1. The number of sulfonamides is 1. The molecule has 0 aromatic heterocycles. The molecule has 1 atom stereocenters. The van der Waals surface area contributed by atoms with Crippen molar-refractivity contribution in [3.8, 4) is 0 Å². The van der Waals surface area contributed by atoms with Crippen LogP contribution < -0.4 is 15.6 Å². The third-order valence-electron chi connectivity index (χ3n) is 3.02. The van der Waals surface area contributed by atoms with Crippen LogP contribution in [-0.4, -0.2) is 26.3 Å². The Hall–Kier alpha value is -2.45. The monoisotopic (exact) mass is 321 g/mol. The van der Waals surface area contributed by atoms with Crippen LogP contribution >= 0.6 is 0 Å². The van der Waals surface area contributed by atoms with E-state index in [1.54, 1.807) is 18.2 Å². The molecule has 0 radical (unpaired) electrons. The van der Waals surface area contributed by atoms with Crippen molar-refractivity contribution in [3.05, 3.63) is 42.5 Å². The van der Waals surface area contributed by atoms with Gasteiger partial charge in [-0.2, -0.15) is 0 Å². The maximum Gasteiger partial charge on any atom is 0.241 e. The molecule has 0 aliphatic carbocycles. The van der Waals surface area contributed by atoms with E-state index >= 15 is 0 Å². The van der Waals surface area contributed by atoms with Gasteiger partial charge in [-0.05, 0) is 22.9 Å². The Labute approximate surface area is 126 Å². The summed E-state index contributed by atoms with van der Waals surface area (Å²) in [4.78, 5) is 21.6. The molecule has 0 fully saturated rings. The molecule has 2 rings (SSSR count). The Kier molecular flexibility index (Phi) is 4.43. The Morgan fingerprint density at radius 2 is 1.77 bits per heavy atom. The van der Waals surface area contributed by atoms with Gasteiger partial charge in [0.15, 0.2) is 0 Å². The Morgan fingerprint density at radius 1 is 1.14 bits per heavy atom. The maximum atomic E-state index is 12.2. The number of nitrogens with two attached hydrogens (primary N) is 1. The molecule has 2 aromatic rings. The zero-order chi connectivity index (χ0) is 16.3. The lowest BCUT2D eigenvalue weighted by Gasteiger charge is -2.18. The summed E-state index contributed by atoms with van der Waals surface area (Å²) >= 11 is 0. The van der Waals surface area contributed by atoms with Crippen molar-refractivity contribution in [1.82, 2.24) is 4.72 Å². The summed E-state index contributed by atoms with van der Waals surface area (Å²) in [7, 11) is -4.12. The van der Waals surface area contributed by atoms with Crippen molar-refractivity contribution in [2.24, 2.45) is 5.73 Å². The average Bonchev–Trinajstić information content (AvgIpc) is 2.45. The second kappa shape index (κ2) is 6.12. The number of rotatable bonds is 6. The van der Waals surface area contributed by atoms with Crippen molar-refractivity contribution in [3.63, 3.8) is 0 Å². The summed E-state index contributed by atoms with van der Waals surface area (Å²) in [5, 5.41) is 12.4. The van der Waals surface area contributed by atoms with E-state index in [9.17, 15) is 23.1 Å². The van der Waals surface area contributed by atoms with Crippen molar-refractivity contribution >= 4 is 32.7 Å². The van der Waals surface area contributed by atoms with Crippen molar-refractivity contribution in [2.45, 2.75) is 17.4 Å². The molecular formula is C14H13N2O5S-. The second-order valence-electron chi connectivity index (χ2n) is 4.67. The zero-order valence-corrected chi connectivity index (χ0v) is 12.2. The fourth-order valence-electron chi connectivity index (χ4n) is 1.96. The van der Waals surface area contributed by atoms with E-state index in [2.05, 4.69) is 0 Å². The Bertz CT molecular complexity index is 832. The fraction of sp³-hybridized carbons (Fsp3) is 0.143. The number of amides is 1. The molecular weight excluding hydrogens is 308 g/mol. The molecule has 116 valence electrons. The lowest BCUT2D eigenvalue weighted by molar-refractivity contribution is -0.308. The van der Waals surface area contributed by atoms with Gasteiger partial charge >= 0.3 is 0 Å². The standard InChI is InChI=1S/C14H14N2O5S/c15-13(17)8-12(14(18)19)16-22(20,21)11-6-5-9-3-1-2-4-10(9)7-11/h1-7,12,16H,8H2,(H2,15,17)(H,18,19)/p-1. The number of fused-ring (bicyclic) bond motifs is 1. The maximum absolute atomic E-state index is 12.2. The van der Waals surface area contributed by atoms with Gasteiger partial charge in [-0.3, -0.25) is 4.79 Å². The zero-order valence-electron chi connectivity index (χ0n) is 11.4. The SMILES string of the molecule is NC(=O)CC(NS(=O)(=O)c1ccc2ccccc2c1)C(=O)[O-].